The van der Waals surface area contributed by atoms with E-state index in [-0.39, 0.29) is 0 Å². The zero-order valence-corrected chi connectivity index (χ0v) is 10.9. The summed E-state index contributed by atoms with van der Waals surface area (Å²) < 4.78 is 0. The van der Waals surface area contributed by atoms with Gasteiger partial charge in [0, 0.05) is 5.71 Å². The van der Waals surface area contributed by atoms with Crippen LogP contribution in [0.3, 0.4) is 0 Å². The van der Waals surface area contributed by atoms with Gasteiger partial charge >= 0.3 is 0 Å². The molecule has 1 atom stereocenters. The third-order valence-corrected chi connectivity index (χ3v) is 3.42. The van der Waals surface area contributed by atoms with Gasteiger partial charge in [0.1, 0.15) is 0 Å². The van der Waals surface area contributed by atoms with Crippen molar-refractivity contribution in [1.82, 2.24) is 0 Å². The van der Waals surface area contributed by atoms with Crippen molar-refractivity contribution in [3.63, 3.8) is 0 Å². The average Bonchev–Trinajstić information content (AvgIpc) is 2.96. The summed E-state index contributed by atoms with van der Waals surface area (Å²) in [6.45, 7) is 0. The smallest absolute Gasteiger partial charge is 0.0690 e. The molecule has 0 saturated carbocycles. The summed E-state index contributed by atoms with van der Waals surface area (Å²) in [6.07, 6.45) is 6.58. The molecule has 1 unspecified atom stereocenters. The first-order chi connectivity index (χ1) is 9.42. The zero-order valence-electron chi connectivity index (χ0n) is 10.9. The topological polar surface area (TPSA) is 12.4 Å². The highest BCUT2D eigenvalue weighted by molar-refractivity contribution is 6.01. The van der Waals surface area contributed by atoms with Gasteiger partial charge in [0.2, 0.25) is 0 Å². The highest BCUT2D eigenvalue weighted by atomic mass is 14.8. The lowest BCUT2D eigenvalue weighted by Crippen LogP contribution is -1.94. The van der Waals surface area contributed by atoms with Crippen molar-refractivity contribution in [1.29, 1.82) is 0 Å². The third kappa shape index (κ3) is 3.00. The quantitative estimate of drug-likeness (QED) is 0.764. The third-order valence-electron chi connectivity index (χ3n) is 3.42. The lowest BCUT2D eigenvalue weighted by atomic mass is 10.1. The van der Waals surface area contributed by atoms with Crippen molar-refractivity contribution in [3.8, 4) is 0 Å². The van der Waals surface area contributed by atoms with Crippen molar-refractivity contribution in [3.05, 3.63) is 77.9 Å². The molecule has 1 heterocycles. The predicted molar refractivity (Wildman–Crippen MR) is 81.5 cm³/mol. The van der Waals surface area contributed by atoms with E-state index in [0.29, 0.717) is 6.04 Å². The minimum Gasteiger partial charge on any atom is -0.282 e. The second-order valence-corrected chi connectivity index (χ2v) is 4.82. The Morgan fingerprint density at radius 1 is 0.895 bits per heavy atom. The van der Waals surface area contributed by atoms with Gasteiger partial charge in [0.25, 0.3) is 0 Å². The van der Waals surface area contributed by atoms with Crippen LogP contribution in [-0.2, 0) is 0 Å². The van der Waals surface area contributed by atoms with Crippen LogP contribution in [0.5, 0.6) is 0 Å². The monoisotopic (exact) mass is 247 g/mol. The number of aliphatic imine (C=N–C) groups is 1. The van der Waals surface area contributed by atoms with Gasteiger partial charge in [-0.3, -0.25) is 4.99 Å². The Morgan fingerprint density at radius 3 is 2.32 bits per heavy atom. The first-order valence-electron chi connectivity index (χ1n) is 6.77. The zero-order chi connectivity index (χ0) is 12.9. The molecule has 0 N–H and O–H groups in total. The molecule has 0 amide bonds. The Balaban J connectivity index is 1.72. The molecule has 0 saturated heterocycles. The van der Waals surface area contributed by atoms with E-state index in [9.17, 15) is 0 Å². The van der Waals surface area contributed by atoms with Crippen LogP contribution in [0.25, 0.3) is 6.08 Å². The standard InChI is InChI=1S/C18H17N/c1-3-7-15(8-4-1)11-12-17-13-14-18(19-17)16-9-5-2-6-10-16/h1-12,17H,13-14H2/b12-11+. The van der Waals surface area contributed by atoms with Gasteiger partial charge in [-0.05, 0) is 24.0 Å². The van der Waals surface area contributed by atoms with Crippen LogP contribution in [0.1, 0.15) is 24.0 Å². The fourth-order valence-corrected chi connectivity index (χ4v) is 2.39. The molecule has 1 heteroatoms. The van der Waals surface area contributed by atoms with Gasteiger partial charge < -0.3 is 0 Å². The summed E-state index contributed by atoms with van der Waals surface area (Å²) in [7, 11) is 0. The van der Waals surface area contributed by atoms with Crippen molar-refractivity contribution in [2.45, 2.75) is 18.9 Å². The molecule has 1 nitrogen and oxygen atoms in total. The molecular formula is C18H17N. The molecular weight excluding hydrogens is 230 g/mol. The molecule has 0 aliphatic carbocycles. The number of rotatable bonds is 3. The van der Waals surface area contributed by atoms with E-state index in [1.807, 2.05) is 12.1 Å². The van der Waals surface area contributed by atoms with Crippen LogP contribution in [0.15, 0.2) is 71.7 Å². The van der Waals surface area contributed by atoms with Gasteiger partial charge in [-0.2, -0.15) is 0 Å². The fourth-order valence-electron chi connectivity index (χ4n) is 2.39. The summed E-state index contributed by atoms with van der Waals surface area (Å²) >= 11 is 0. The summed E-state index contributed by atoms with van der Waals surface area (Å²) in [5.74, 6) is 0. The molecule has 94 valence electrons. The maximum Gasteiger partial charge on any atom is 0.0690 e. The molecule has 0 bridgehead atoms. The highest BCUT2D eigenvalue weighted by Crippen LogP contribution is 2.20. The van der Waals surface area contributed by atoms with Crippen molar-refractivity contribution >= 4 is 11.8 Å². The van der Waals surface area contributed by atoms with E-state index in [4.69, 9.17) is 4.99 Å². The molecule has 0 fully saturated rings. The largest absolute Gasteiger partial charge is 0.282 e. The van der Waals surface area contributed by atoms with E-state index in [1.165, 1.54) is 16.8 Å². The predicted octanol–water partition coefficient (Wildman–Crippen LogP) is 4.35. The van der Waals surface area contributed by atoms with Crippen LogP contribution >= 0.6 is 0 Å². The lowest BCUT2D eigenvalue weighted by Gasteiger charge is -1.98. The van der Waals surface area contributed by atoms with Gasteiger partial charge in [-0.1, -0.05) is 72.8 Å². The van der Waals surface area contributed by atoms with Gasteiger partial charge in [0.05, 0.1) is 6.04 Å². The van der Waals surface area contributed by atoms with E-state index in [2.05, 4.69) is 60.7 Å². The molecule has 1 aliphatic rings. The average molecular weight is 247 g/mol. The van der Waals surface area contributed by atoms with E-state index >= 15 is 0 Å². The maximum absolute atomic E-state index is 4.80. The minimum absolute atomic E-state index is 0.329. The highest BCUT2D eigenvalue weighted by Gasteiger charge is 2.15. The van der Waals surface area contributed by atoms with Crippen LogP contribution in [0.2, 0.25) is 0 Å². The number of hydrogen-bond donors (Lipinski definition) is 0. The first-order valence-corrected chi connectivity index (χ1v) is 6.77. The second-order valence-electron chi connectivity index (χ2n) is 4.82. The molecule has 2 aromatic rings. The summed E-state index contributed by atoms with van der Waals surface area (Å²) in [5, 5.41) is 0. The molecule has 19 heavy (non-hydrogen) atoms. The van der Waals surface area contributed by atoms with Crippen LogP contribution < -0.4 is 0 Å². The Labute approximate surface area is 114 Å². The van der Waals surface area contributed by atoms with Gasteiger partial charge in [0.15, 0.2) is 0 Å². The van der Waals surface area contributed by atoms with Crippen molar-refractivity contribution < 1.29 is 0 Å². The van der Waals surface area contributed by atoms with Crippen molar-refractivity contribution in [2.24, 2.45) is 4.99 Å². The van der Waals surface area contributed by atoms with Crippen LogP contribution in [0, 0.1) is 0 Å². The minimum atomic E-state index is 0.329. The second kappa shape index (κ2) is 5.66. The summed E-state index contributed by atoms with van der Waals surface area (Å²) in [5.41, 5.74) is 3.74. The number of hydrogen-bond acceptors (Lipinski definition) is 1. The molecule has 1 aliphatic heterocycles. The van der Waals surface area contributed by atoms with Crippen LogP contribution in [0.4, 0.5) is 0 Å². The number of nitrogens with zero attached hydrogens (tertiary/aromatic N) is 1. The van der Waals surface area contributed by atoms with E-state index < -0.39 is 0 Å². The van der Waals surface area contributed by atoms with Crippen molar-refractivity contribution in [2.75, 3.05) is 0 Å². The number of benzene rings is 2. The molecule has 2 aromatic carbocycles. The van der Waals surface area contributed by atoms with Gasteiger partial charge in [-0.25, -0.2) is 0 Å². The molecule has 0 aromatic heterocycles. The Bertz CT molecular complexity index is 582. The summed E-state index contributed by atoms with van der Waals surface area (Å²) in [6, 6.07) is 21.2. The fraction of sp³-hybridized carbons (Fsp3) is 0.167. The Hall–Kier alpha value is -2.15. The summed E-state index contributed by atoms with van der Waals surface area (Å²) in [4.78, 5) is 4.80. The Kier molecular flexibility index (Phi) is 3.55. The molecule has 3 rings (SSSR count). The van der Waals surface area contributed by atoms with Crippen LogP contribution in [-0.4, -0.2) is 11.8 Å². The van der Waals surface area contributed by atoms with Gasteiger partial charge in [-0.15, -0.1) is 0 Å². The van der Waals surface area contributed by atoms with E-state index in [1.54, 1.807) is 0 Å². The normalized spacial score (nSPS) is 18.7. The first kappa shape index (κ1) is 11.9. The SMILES string of the molecule is C(=C\C1CCC(c2ccccc2)=N1)/c1ccccc1. The van der Waals surface area contributed by atoms with E-state index in [0.717, 1.165) is 12.8 Å². The lowest BCUT2D eigenvalue weighted by molar-refractivity contribution is 0.810. The Morgan fingerprint density at radius 2 is 1.58 bits per heavy atom. The molecule has 0 radical (unpaired) electrons. The maximum atomic E-state index is 4.80. The molecule has 0 spiro atoms.